The lowest BCUT2D eigenvalue weighted by Gasteiger charge is -2.18. The summed E-state index contributed by atoms with van der Waals surface area (Å²) < 4.78 is 16.6. The van der Waals surface area contributed by atoms with Crippen molar-refractivity contribution in [1.29, 1.82) is 0 Å². The van der Waals surface area contributed by atoms with Gasteiger partial charge in [0.2, 0.25) is 0 Å². The molecule has 0 saturated carbocycles. The third-order valence-electron chi connectivity index (χ3n) is 9.95. The summed E-state index contributed by atoms with van der Waals surface area (Å²) >= 11 is 0. The number of hydrogen-bond donors (Lipinski definition) is 0. The molecule has 0 heterocycles. The van der Waals surface area contributed by atoms with Gasteiger partial charge in [-0.1, -0.05) is 184 Å². The molecule has 0 saturated heterocycles. The van der Waals surface area contributed by atoms with E-state index in [4.69, 9.17) is 14.2 Å². The summed E-state index contributed by atoms with van der Waals surface area (Å²) in [6, 6.07) is 0. The van der Waals surface area contributed by atoms with Crippen LogP contribution in [0.2, 0.25) is 0 Å². The molecule has 0 rings (SSSR count). The zero-order valence-corrected chi connectivity index (χ0v) is 37.8. The standard InChI is InChI=1S/C52H88O6/c1-4-7-10-13-15-17-19-21-23-24-25-26-27-28-29-31-32-34-36-39-42-45-51(54)57-48-49(47-56-50(53)44-41-38-12-9-6-3)58-52(55)46-43-40-37-35-33-30-22-20-18-16-14-11-8-5-2/h7,10,15,17,20-23,25-26,28-29,49H,4-6,8-9,11-14,16,18-19,24,27,30-48H2,1-3H3/b10-7-,17-15-,22-20-,23-21-,26-25-,29-28-. The number of esters is 3. The Morgan fingerprint density at radius 2 is 0.672 bits per heavy atom. The second-order valence-corrected chi connectivity index (χ2v) is 15.6. The highest BCUT2D eigenvalue weighted by molar-refractivity contribution is 5.71. The molecule has 58 heavy (non-hydrogen) atoms. The summed E-state index contributed by atoms with van der Waals surface area (Å²) in [6.45, 7) is 6.39. The van der Waals surface area contributed by atoms with Crippen LogP contribution >= 0.6 is 0 Å². The first-order valence-electron chi connectivity index (χ1n) is 23.9. The van der Waals surface area contributed by atoms with Gasteiger partial charge in [-0.05, 0) is 89.9 Å². The van der Waals surface area contributed by atoms with E-state index in [1.807, 2.05) is 0 Å². The van der Waals surface area contributed by atoms with E-state index in [0.717, 1.165) is 128 Å². The van der Waals surface area contributed by atoms with Crippen molar-refractivity contribution in [1.82, 2.24) is 0 Å². The van der Waals surface area contributed by atoms with Crippen LogP contribution in [0, 0.1) is 0 Å². The van der Waals surface area contributed by atoms with Gasteiger partial charge in [-0.15, -0.1) is 0 Å². The third-order valence-corrected chi connectivity index (χ3v) is 9.95. The SMILES string of the molecule is CC/C=C\C/C=C\C/C=C\C/C=C\C/C=C\CCCCCCCC(=O)OCC(COC(=O)CCCCCCC)OC(=O)CCCCCCC/C=C\CCCCCCC. The van der Waals surface area contributed by atoms with Crippen molar-refractivity contribution in [2.24, 2.45) is 0 Å². The van der Waals surface area contributed by atoms with E-state index >= 15 is 0 Å². The molecule has 332 valence electrons. The minimum Gasteiger partial charge on any atom is -0.462 e. The van der Waals surface area contributed by atoms with Gasteiger partial charge < -0.3 is 14.2 Å². The second-order valence-electron chi connectivity index (χ2n) is 15.6. The van der Waals surface area contributed by atoms with Crippen molar-refractivity contribution in [2.45, 2.75) is 226 Å². The lowest BCUT2D eigenvalue weighted by Crippen LogP contribution is -2.30. The molecule has 0 aromatic heterocycles. The summed E-state index contributed by atoms with van der Waals surface area (Å²) in [5.41, 5.74) is 0. The molecule has 1 atom stereocenters. The first-order chi connectivity index (χ1) is 28.5. The van der Waals surface area contributed by atoms with E-state index in [0.29, 0.717) is 19.3 Å². The fraction of sp³-hybridized carbons (Fsp3) is 0.712. The molecular weight excluding hydrogens is 721 g/mol. The van der Waals surface area contributed by atoms with E-state index < -0.39 is 6.10 Å². The number of unbranched alkanes of at least 4 members (excludes halogenated alkanes) is 19. The largest absolute Gasteiger partial charge is 0.462 e. The molecule has 0 N–H and O–H groups in total. The molecule has 0 aromatic rings. The Labute approximate surface area is 357 Å². The van der Waals surface area contributed by atoms with Gasteiger partial charge in [-0.25, -0.2) is 0 Å². The highest BCUT2D eigenvalue weighted by atomic mass is 16.6. The predicted molar refractivity (Wildman–Crippen MR) is 247 cm³/mol. The number of hydrogen-bond acceptors (Lipinski definition) is 6. The van der Waals surface area contributed by atoms with E-state index in [9.17, 15) is 14.4 Å². The van der Waals surface area contributed by atoms with Crippen LogP contribution in [0.15, 0.2) is 72.9 Å². The minimum atomic E-state index is -0.783. The van der Waals surface area contributed by atoms with Gasteiger partial charge in [0.05, 0.1) is 0 Å². The van der Waals surface area contributed by atoms with E-state index in [1.165, 1.54) is 51.4 Å². The van der Waals surface area contributed by atoms with Crippen LogP contribution in [-0.2, 0) is 28.6 Å². The quantitative estimate of drug-likeness (QED) is 0.0264. The minimum absolute atomic E-state index is 0.0863. The molecule has 0 aliphatic heterocycles. The van der Waals surface area contributed by atoms with Crippen LogP contribution in [0.25, 0.3) is 0 Å². The molecule has 6 nitrogen and oxygen atoms in total. The van der Waals surface area contributed by atoms with E-state index in [2.05, 4.69) is 93.7 Å². The number of rotatable bonds is 42. The van der Waals surface area contributed by atoms with Crippen molar-refractivity contribution in [3.05, 3.63) is 72.9 Å². The fourth-order valence-electron chi connectivity index (χ4n) is 6.34. The summed E-state index contributed by atoms with van der Waals surface area (Å²) in [5.74, 6) is -0.931. The highest BCUT2D eigenvalue weighted by Crippen LogP contribution is 2.13. The van der Waals surface area contributed by atoms with Crippen LogP contribution in [-0.4, -0.2) is 37.2 Å². The van der Waals surface area contributed by atoms with Crippen molar-refractivity contribution >= 4 is 17.9 Å². The Kier molecular flexibility index (Phi) is 44.0. The number of carbonyl (C=O) groups excluding carboxylic acids is 3. The smallest absolute Gasteiger partial charge is 0.306 e. The molecule has 0 amide bonds. The van der Waals surface area contributed by atoms with E-state index in [1.54, 1.807) is 0 Å². The number of allylic oxidation sites excluding steroid dienone is 12. The van der Waals surface area contributed by atoms with Gasteiger partial charge in [0, 0.05) is 19.3 Å². The normalized spacial score (nSPS) is 12.7. The molecule has 0 aliphatic rings. The summed E-state index contributed by atoms with van der Waals surface area (Å²) in [5, 5.41) is 0. The Morgan fingerprint density at radius 3 is 1.07 bits per heavy atom. The Balaban J connectivity index is 4.24. The van der Waals surface area contributed by atoms with Crippen LogP contribution in [0.4, 0.5) is 0 Å². The maximum atomic E-state index is 12.7. The van der Waals surface area contributed by atoms with Crippen LogP contribution < -0.4 is 0 Å². The molecule has 6 heteroatoms. The van der Waals surface area contributed by atoms with Gasteiger partial charge in [0.15, 0.2) is 6.10 Å². The van der Waals surface area contributed by atoms with Gasteiger partial charge in [-0.2, -0.15) is 0 Å². The van der Waals surface area contributed by atoms with Gasteiger partial charge in [0.1, 0.15) is 13.2 Å². The Morgan fingerprint density at radius 1 is 0.362 bits per heavy atom. The zero-order chi connectivity index (χ0) is 42.3. The lowest BCUT2D eigenvalue weighted by atomic mass is 10.1. The number of carbonyl (C=O) groups is 3. The second kappa shape index (κ2) is 46.5. The average Bonchev–Trinajstić information content (AvgIpc) is 3.22. The molecule has 0 fully saturated rings. The van der Waals surface area contributed by atoms with Gasteiger partial charge >= 0.3 is 17.9 Å². The maximum absolute atomic E-state index is 12.7. The van der Waals surface area contributed by atoms with E-state index in [-0.39, 0.29) is 31.1 Å². The lowest BCUT2D eigenvalue weighted by molar-refractivity contribution is -0.167. The summed E-state index contributed by atoms with van der Waals surface area (Å²) in [6.07, 6.45) is 57.7. The molecular formula is C52H88O6. The Bertz CT molecular complexity index is 1110. The van der Waals surface area contributed by atoms with Crippen LogP contribution in [0.3, 0.4) is 0 Å². The molecule has 0 aliphatic carbocycles. The molecule has 0 aromatic carbocycles. The molecule has 0 radical (unpaired) electrons. The summed E-state index contributed by atoms with van der Waals surface area (Å²) in [7, 11) is 0. The predicted octanol–water partition coefficient (Wildman–Crippen LogP) is 15.5. The maximum Gasteiger partial charge on any atom is 0.306 e. The monoisotopic (exact) mass is 809 g/mol. The topological polar surface area (TPSA) is 78.9 Å². The first kappa shape index (κ1) is 54.9. The number of ether oxygens (including phenoxy) is 3. The van der Waals surface area contributed by atoms with Gasteiger partial charge in [-0.3, -0.25) is 14.4 Å². The van der Waals surface area contributed by atoms with Crippen molar-refractivity contribution in [3.8, 4) is 0 Å². The first-order valence-corrected chi connectivity index (χ1v) is 23.9. The summed E-state index contributed by atoms with van der Waals surface area (Å²) in [4.78, 5) is 37.6. The highest BCUT2D eigenvalue weighted by Gasteiger charge is 2.19. The van der Waals surface area contributed by atoms with Gasteiger partial charge in [0.25, 0.3) is 0 Å². The van der Waals surface area contributed by atoms with Crippen LogP contribution in [0.5, 0.6) is 0 Å². The third kappa shape index (κ3) is 44.0. The van der Waals surface area contributed by atoms with Crippen LogP contribution in [0.1, 0.15) is 220 Å². The van der Waals surface area contributed by atoms with Crippen molar-refractivity contribution in [3.63, 3.8) is 0 Å². The zero-order valence-electron chi connectivity index (χ0n) is 37.8. The molecule has 0 bridgehead atoms. The van der Waals surface area contributed by atoms with Crippen molar-refractivity contribution in [2.75, 3.05) is 13.2 Å². The van der Waals surface area contributed by atoms with Crippen molar-refractivity contribution < 1.29 is 28.6 Å². The fourth-order valence-corrected chi connectivity index (χ4v) is 6.34. The Hall–Kier alpha value is -3.15. The average molecular weight is 809 g/mol. The molecule has 0 spiro atoms. The molecule has 1 unspecified atom stereocenters.